The number of aromatic nitrogens is 2. The molecule has 1 heterocycles. The number of rotatable bonds is 6. The summed E-state index contributed by atoms with van der Waals surface area (Å²) in [5.74, 6) is 0.402. The van der Waals surface area contributed by atoms with Crippen molar-refractivity contribution in [1.82, 2.24) is 14.9 Å². The van der Waals surface area contributed by atoms with Crippen molar-refractivity contribution in [2.75, 3.05) is 37.8 Å². The highest BCUT2D eigenvalue weighted by atomic mass is 16.1. The molecule has 0 aliphatic heterocycles. The lowest BCUT2D eigenvalue weighted by atomic mass is 10.1. The number of likely N-dealkylation sites (N-methyl/N-ethyl adjacent to an activating group) is 1. The summed E-state index contributed by atoms with van der Waals surface area (Å²) in [5.41, 5.74) is 3.26. The summed E-state index contributed by atoms with van der Waals surface area (Å²) >= 11 is 0. The summed E-state index contributed by atoms with van der Waals surface area (Å²) in [6, 6.07) is 5.89. The Hall–Kier alpha value is -2.47. The summed E-state index contributed by atoms with van der Waals surface area (Å²) in [6.45, 7) is 5.66. The van der Waals surface area contributed by atoms with Crippen LogP contribution in [0.4, 0.5) is 11.5 Å². The van der Waals surface area contributed by atoms with Gasteiger partial charge in [-0.2, -0.15) is 0 Å². The number of benzene rings is 1. The van der Waals surface area contributed by atoms with E-state index >= 15 is 0 Å². The maximum absolute atomic E-state index is 12.2. The molecule has 6 heteroatoms. The van der Waals surface area contributed by atoms with Gasteiger partial charge in [-0.05, 0) is 39.6 Å². The highest BCUT2D eigenvalue weighted by Gasteiger charge is 2.10. The standard InChI is InChI=1S/C17H23N5O/c1-12-5-6-14(13(2)9-12)21-17(23)15-10-20-16(11-19-15)18-7-8-22(3)4/h5-6,9-11H,7-8H2,1-4H3,(H,18,20)(H,21,23). The average molecular weight is 313 g/mol. The van der Waals surface area contributed by atoms with E-state index in [9.17, 15) is 4.79 Å². The number of amides is 1. The number of nitrogens with zero attached hydrogens (tertiary/aromatic N) is 3. The molecule has 0 spiro atoms. The molecule has 2 N–H and O–H groups in total. The van der Waals surface area contributed by atoms with E-state index in [1.807, 2.05) is 46.1 Å². The third-order valence-electron chi connectivity index (χ3n) is 3.38. The van der Waals surface area contributed by atoms with Crippen LogP contribution in [0.25, 0.3) is 0 Å². The smallest absolute Gasteiger partial charge is 0.275 e. The fourth-order valence-corrected chi connectivity index (χ4v) is 2.08. The lowest BCUT2D eigenvalue weighted by Crippen LogP contribution is -2.21. The molecule has 0 fully saturated rings. The quantitative estimate of drug-likeness (QED) is 0.856. The van der Waals surface area contributed by atoms with Gasteiger partial charge in [-0.3, -0.25) is 4.79 Å². The van der Waals surface area contributed by atoms with Crippen molar-refractivity contribution in [2.45, 2.75) is 13.8 Å². The van der Waals surface area contributed by atoms with Gasteiger partial charge >= 0.3 is 0 Å². The molecule has 0 saturated carbocycles. The summed E-state index contributed by atoms with van der Waals surface area (Å²) in [4.78, 5) is 22.7. The molecule has 1 amide bonds. The Bertz CT molecular complexity index is 667. The Labute approximate surface area is 137 Å². The first-order chi connectivity index (χ1) is 11.0. The van der Waals surface area contributed by atoms with E-state index in [-0.39, 0.29) is 5.91 Å². The molecule has 0 saturated heterocycles. The molecule has 0 radical (unpaired) electrons. The third kappa shape index (κ3) is 5.03. The average Bonchev–Trinajstić information content (AvgIpc) is 2.50. The van der Waals surface area contributed by atoms with E-state index in [1.54, 1.807) is 6.20 Å². The summed E-state index contributed by atoms with van der Waals surface area (Å²) in [6.07, 6.45) is 3.06. The van der Waals surface area contributed by atoms with Crippen molar-refractivity contribution in [3.05, 3.63) is 47.4 Å². The third-order valence-corrected chi connectivity index (χ3v) is 3.38. The number of hydrogen-bond acceptors (Lipinski definition) is 5. The fraction of sp³-hybridized carbons (Fsp3) is 0.353. The van der Waals surface area contributed by atoms with Gasteiger partial charge in [0.05, 0.1) is 12.4 Å². The summed E-state index contributed by atoms with van der Waals surface area (Å²) < 4.78 is 0. The molecule has 0 aliphatic rings. The monoisotopic (exact) mass is 313 g/mol. The van der Waals surface area contributed by atoms with Crippen LogP contribution in [-0.4, -0.2) is 48.0 Å². The first kappa shape index (κ1) is 16.9. The number of carbonyl (C=O) groups excluding carboxylic acids is 1. The van der Waals surface area contributed by atoms with Gasteiger partial charge in [0, 0.05) is 18.8 Å². The van der Waals surface area contributed by atoms with Crippen molar-refractivity contribution < 1.29 is 4.79 Å². The Morgan fingerprint density at radius 3 is 2.57 bits per heavy atom. The Balaban J connectivity index is 1.97. The lowest BCUT2D eigenvalue weighted by Gasteiger charge is -2.11. The zero-order valence-corrected chi connectivity index (χ0v) is 14.1. The van der Waals surface area contributed by atoms with Gasteiger partial charge in [-0.1, -0.05) is 17.7 Å². The first-order valence-corrected chi connectivity index (χ1v) is 7.55. The van der Waals surface area contributed by atoms with E-state index < -0.39 is 0 Å². The van der Waals surface area contributed by atoms with E-state index in [0.717, 1.165) is 29.9 Å². The van der Waals surface area contributed by atoms with Gasteiger partial charge in [0.1, 0.15) is 11.5 Å². The molecule has 122 valence electrons. The predicted molar refractivity (Wildman–Crippen MR) is 92.9 cm³/mol. The molecule has 1 aromatic heterocycles. The van der Waals surface area contributed by atoms with Gasteiger partial charge in [-0.15, -0.1) is 0 Å². The fourth-order valence-electron chi connectivity index (χ4n) is 2.08. The van der Waals surface area contributed by atoms with Crippen LogP contribution in [0.5, 0.6) is 0 Å². The second kappa shape index (κ2) is 7.69. The van der Waals surface area contributed by atoms with Crippen LogP contribution >= 0.6 is 0 Å². The van der Waals surface area contributed by atoms with Crippen molar-refractivity contribution >= 4 is 17.4 Å². The highest BCUT2D eigenvalue weighted by molar-refractivity contribution is 6.03. The minimum Gasteiger partial charge on any atom is -0.368 e. The molecule has 0 aliphatic carbocycles. The molecular formula is C17H23N5O. The lowest BCUT2D eigenvalue weighted by molar-refractivity contribution is 0.102. The molecule has 0 bridgehead atoms. The van der Waals surface area contributed by atoms with E-state index in [2.05, 4.69) is 25.5 Å². The van der Waals surface area contributed by atoms with Gasteiger partial charge in [0.2, 0.25) is 0 Å². The number of nitrogens with one attached hydrogen (secondary N) is 2. The van der Waals surface area contributed by atoms with Gasteiger partial charge < -0.3 is 15.5 Å². The Morgan fingerprint density at radius 1 is 1.17 bits per heavy atom. The topological polar surface area (TPSA) is 70.2 Å². The van der Waals surface area contributed by atoms with Crippen molar-refractivity contribution in [3.8, 4) is 0 Å². The SMILES string of the molecule is Cc1ccc(NC(=O)c2cnc(NCCN(C)C)cn2)c(C)c1. The van der Waals surface area contributed by atoms with Crippen LogP contribution in [0.2, 0.25) is 0 Å². The molecule has 23 heavy (non-hydrogen) atoms. The van der Waals surface area contributed by atoms with Crippen LogP contribution in [-0.2, 0) is 0 Å². The summed E-state index contributed by atoms with van der Waals surface area (Å²) in [5, 5.41) is 6.02. The van der Waals surface area contributed by atoms with E-state index in [1.165, 1.54) is 6.20 Å². The van der Waals surface area contributed by atoms with Crippen molar-refractivity contribution in [1.29, 1.82) is 0 Å². The Morgan fingerprint density at radius 2 is 1.96 bits per heavy atom. The summed E-state index contributed by atoms with van der Waals surface area (Å²) in [7, 11) is 4.02. The zero-order valence-electron chi connectivity index (χ0n) is 14.1. The normalized spacial score (nSPS) is 10.7. The van der Waals surface area contributed by atoms with Gasteiger partial charge in [-0.25, -0.2) is 9.97 Å². The van der Waals surface area contributed by atoms with E-state index in [4.69, 9.17) is 0 Å². The number of aryl methyl sites for hydroxylation is 2. The van der Waals surface area contributed by atoms with E-state index in [0.29, 0.717) is 11.5 Å². The van der Waals surface area contributed by atoms with Crippen LogP contribution < -0.4 is 10.6 Å². The number of hydrogen-bond donors (Lipinski definition) is 2. The highest BCUT2D eigenvalue weighted by Crippen LogP contribution is 2.16. The Kier molecular flexibility index (Phi) is 5.65. The maximum Gasteiger partial charge on any atom is 0.275 e. The van der Waals surface area contributed by atoms with Crippen molar-refractivity contribution in [2.24, 2.45) is 0 Å². The molecule has 2 rings (SSSR count). The van der Waals surface area contributed by atoms with Crippen LogP contribution in [0.3, 0.4) is 0 Å². The molecule has 2 aromatic rings. The minimum absolute atomic E-state index is 0.260. The molecule has 0 atom stereocenters. The first-order valence-electron chi connectivity index (χ1n) is 7.55. The van der Waals surface area contributed by atoms with Crippen LogP contribution in [0.1, 0.15) is 21.6 Å². The molecule has 1 aromatic carbocycles. The minimum atomic E-state index is -0.260. The van der Waals surface area contributed by atoms with Gasteiger partial charge in [0.15, 0.2) is 0 Å². The number of carbonyl (C=O) groups is 1. The number of anilines is 2. The van der Waals surface area contributed by atoms with Gasteiger partial charge in [0.25, 0.3) is 5.91 Å². The molecule has 0 unspecified atom stereocenters. The van der Waals surface area contributed by atoms with Crippen molar-refractivity contribution in [3.63, 3.8) is 0 Å². The van der Waals surface area contributed by atoms with Crippen LogP contribution in [0, 0.1) is 13.8 Å². The van der Waals surface area contributed by atoms with Crippen LogP contribution in [0.15, 0.2) is 30.6 Å². The zero-order chi connectivity index (χ0) is 16.8. The second-order valence-corrected chi connectivity index (χ2v) is 5.79. The molecular weight excluding hydrogens is 290 g/mol. The predicted octanol–water partition coefficient (Wildman–Crippen LogP) is 2.32. The molecule has 6 nitrogen and oxygen atoms in total. The maximum atomic E-state index is 12.2. The largest absolute Gasteiger partial charge is 0.368 e. The second-order valence-electron chi connectivity index (χ2n) is 5.79.